The predicted molar refractivity (Wildman–Crippen MR) is 97.7 cm³/mol. The maximum absolute atomic E-state index is 12.3. The lowest BCUT2D eigenvalue weighted by Gasteiger charge is -2.30. The minimum absolute atomic E-state index is 0.252. The van der Waals surface area contributed by atoms with Crippen molar-refractivity contribution in [2.24, 2.45) is 4.99 Å². The number of hydrogen-bond donors (Lipinski definition) is 0. The average Bonchev–Trinajstić information content (AvgIpc) is 2.52. The number of hydrogen-bond acceptors (Lipinski definition) is 5. The molecule has 1 amide bonds. The number of rotatable bonds is 3. The Morgan fingerprint density at radius 2 is 1.72 bits per heavy atom. The molecule has 0 aromatic heterocycles. The number of carbonyl (C=O) groups is 1. The van der Waals surface area contributed by atoms with E-state index in [-0.39, 0.29) is 16.9 Å². The van der Waals surface area contributed by atoms with E-state index in [1.54, 1.807) is 29.2 Å². The molecule has 0 saturated carbocycles. The monoisotopic (exact) mass is 366 g/mol. The van der Waals surface area contributed by atoms with Crippen LogP contribution in [-0.2, 0) is 14.6 Å². The van der Waals surface area contributed by atoms with Crippen LogP contribution >= 0.6 is 0 Å². The molecule has 0 bridgehead atoms. The fourth-order valence-electron chi connectivity index (χ4n) is 2.43. The lowest BCUT2D eigenvalue weighted by molar-refractivity contribution is 0.0249. The zero-order chi connectivity index (χ0) is 18.7. The second-order valence-corrected chi connectivity index (χ2v) is 9.21. The number of amides is 1. The Hall–Kier alpha value is -1.89. The lowest BCUT2D eigenvalue weighted by atomic mass is 10.1. The number of ether oxygens (including phenoxy) is 1. The van der Waals surface area contributed by atoms with Gasteiger partial charge in [-0.05, 0) is 39.8 Å². The minimum Gasteiger partial charge on any atom is -0.444 e. The molecule has 0 N–H and O–H groups in total. The smallest absolute Gasteiger partial charge is 0.410 e. The highest BCUT2D eigenvalue weighted by atomic mass is 32.2. The van der Waals surface area contributed by atoms with Crippen molar-refractivity contribution < 1.29 is 17.9 Å². The Bertz CT molecular complexity index is 736. The second-order valence-electron chi connectivity index (χ2n) is 7.25. The van der Waals surface area contributed by atoms with Gasteiger partial charge >= 0.3 is 6.09 Å². The summed E-state index contributed by atoms with van der Waals surface area (Å²) in [6.07, 6.45) is 0.810. The van der Waals surface area contributed by atoms with E-state index in [1.165, 1.54) is 0 Å². The summed E-state index contributed by atoms with van der Waals surface area (Å²) < 4.78 is 30.0. The highest BCUT2D eigenvalue weighted by molar-refractivity contribution is 7.91. The van der Waals surface area contributed by atoms with E-state index >= 15 is 0 Å². The highest BCUT2D eigenvalue weighted by Gasteiger charge is 2.25. The van der Waals surface area contributed by atoms with Crippen LogP contribution in [0, 0.1) is 6.92 Å². The number of piperidine rings is 1. The Kier molecular flexibility index (Phi) is 5.87. The van der Waals surface area contributed by atoms with Crippen LogP contribution in [0.5, 0.6) is 0 Å². The lowest BCUT2D eigenvalue weighted by Crippen LogP contribution is -2.42. The molecule has 1 aliphatic heterocycles. The first-order chi connectivity index (χ1) is 11.6. The first-order valence-electron chi connectivity index (χ1n) is 8.36. The van der Waals surface area contributed by atoms with Gasteiger partial charge in [0.15, 0.2) is 9.84 Å². The molecule has 6 nitrogen and oxygen atoms in total. The fourth-order valence-corrected chi connectivity index (χ4v) is 3.48. The molecule has 0 atom stereocenters. The fraction of sp³-hybridized carbons (Fsp3) is 0.556. The van der Waals surface area contributed by atoms with Gasteiger partial charge in [0.25, 0.3) is 0 Å². The topological polar surface area (TPSA) is 76.0 Å². The summed E-state index contributed by atoms with van der Waals surface area (Å²) in [6.45, 7) is 8.40. The third-order valence-corrected chi connectivity index (χ3v) is 5.29. The Morgan fingerprint density at radius 1 is 1.16 bits per heavy atom. The van der Waals surface area contributed by atoms with Gasteiger partial charge in [0, 0.05) is 31.6 Å². The van der Waals surface area contributed by atoms with Crippen LogP contribution < -0.4 is 0 Å². The molecule has 7 heteroatoms. The Labute approximate surface area is 149 Å². The molecule has 1 aliphatic rings. The van der Waals surface area contributed by atoms with E-state index in [4.69, 9.17) is 4.74 Å². The van der Waals surface area contributed by atoms with Crippen molar-refractivity contribution >= 4 is 21.6 Å². The van der Waals surface area contributed by atoms with Crippen LogP contribution in [-0.4, -0.2) is 49.7 Å². The van der Waals surface area contributed by atoms with Crippen LogP contribution in [0.1, 0.15) is 39.2 Å². The van der Waals surface area contributed by atoms with Crippen LogP contribution in [0.25, 0.3) is 0 Å². The van der Waals surface area contributed by atoms with Crippen LogP contribution in [0.15, 0.2) is 34.2 Å². The van der Waals surface area contributed by atoms with Gasteiger partial charge in [-0.25, -0.2) is 13.2 Å². The molecule has 25 heavy (non-hydrogen) atoms. The van der Waals surface area contributed by atoms with Gasteiger partial charge in [-0.2, -0.15) is 0 Å². The van der Waals surface area contributed by atoms with E-state index in [2.05, 4.69) is 4.99 Å². The molecule has 0 radical (unpaired) electrons. The van der Waals surface area contributed by atoms with Crippen LogP contribution in [0.3, 0.4) is 0 Å². The van der Waals surface area contributed by atoms with E-state index in [9.17, 15) is 13.2 Å². The van der Waals surface area contributed by atoms with Gasteiger partial charge in [-0.1, -0.05) is 17.7 Å². The number of sulfone groups is 1. The number of aliphatic imine (C=N–C) groups is 1. The standard InChI is InChI=1S/C18H26N2O4S/c1-14-5-7-16(8-6-14)25(22,23)13-19-15-9-11-20(12-10-15)17(21)24-18(2,3)4/h5-8H,9-13H2,1-4H3. The number of carbonyl (C=O) groups excluding carboxylic acids is 1. The third-order valence-electron chi connectivity index (χ3n) is 3.83. The molecule has 2 rings (SSSR count). The average molecular weight is 366 g/mol. The van der Waals surface area contributed by atoms with Crippen LogP contribution in [0.4, 0.5) is 4.79 Å². The SMILES string of the molecule is Cc1ccc(S(=O)(=O)CN=C2CCN(C(=O)OC(C)(C)C)CC2)cc1. The molecule has 0 unspecified atom stereocenters. The molecule has 0 aliphatic carbocycles. The summed E-state index contributed by atoms with van der Waals surface area (Å²) in [7, 11) is -3.42. The van der Waals surface area contributed by atoms with Gasteiger partial charge in [0.2, 0.25) is 0 Å². The van der Waals surface area contributed by atoms with Gasteiger partial charge in [-0.15, -0.1) is 0 Å². The summed E-state index contributed by atoms with van der Waals surface area (Å²) in [5.74, 6) is -0.252. The first-order valence-corrected chi connectivity index (χ1v) is 10.0. The summed E-state index contributed by atoms with van der Waals surface area (Å²) in [4.78, 5) is 18.2. The van der Waals surface area contributed by atoms with E-state index in [0.717, 1.165) is 11.3 Å². The normalized spacial score (nSPS) is 15.8. The number of benzene rings is 1. The summed E-state index contributed by atoms with van der Waals surface area (Å²) in [5.41, 5.74) is 1.32. The molecule has 0 spiro atoms. The molecule has 1 heterocycles. The molecule has 1 aromatic carbocycles. The predicted octanol–water partition coefficient (Wildman–Crippen LogP) is 3.20. The van der Waals surface area contributed by atoms with E-state index in [0.29, 0.717) is 25.9 Å². The van der Waals surface area contributed by atoms with Crippen molar-refractivity contribution in [3.8, 4) is 0 Å². The van der Waals surface area contributed by atoms with E-state index < -0.39 is 15.4 Å². The zero-order valence-electron chi connectivity index (χ0n) is 15.3. The number of nitrogens with zero attached hydrogens (tertiary/aromatic N) is 2. The largest absolute Gasteiger partial charge is 0.444 e. The summed E-state index contributed by atoms with van der Waals surface area (Å²) in [6, 6.07) is 6.77. The maximum atomic E-state index is 12.3. The van der Waals surface area contributed by atoms with Gasteiger partial charge in [0.1, 0.15) is 11.5 Å². The zero-order valence-corrected chi connectivity index (χ0v) is 16.1. The van der Waals surface area contributed by atoms with Crippen molar-refractivity contribution in [2.75, 3.05) is 19.0 Å². The summed E-state index contributed by atoms with van der Waals surface area (Å²) in [5, 5.41) is 0. The Balaban J connectivity index is 1.92. The first kappa shape index (κ1) is 19.4. The van der Waals surface area contributed by atoms with Crippen molar-refractivity contribution in [1.82, 2.24) is 4.90 Å². The number of likely N-dealkylation sites (tertiary alicyclic amines) is 1. The van der Waals surface area contributed by atoms with Crippen molar-refractivity contribution in [3.05, 3.63) is 29.8 Å². The maximum Gasteiger partial charge on any atom is 0.410 e. The van der Waals surface area contributed by atoms with Gasteiger partial charge in [0.05, 0.1) is 4.90 Å². The van der Waals surface area contributed by atoms with Crippen molar-refractivity contribution in [3.63, 3.8) is 0 Å². The van der Waals surface area contributed by atoms with Crippen molar-refractivity contribution in [2.45, 2.75) is 51.0 Å². The Morgan fingerprint density at radius 3 is 2.24 bits per heavy atom. The molecule has 1 fully saturated rings. The number of aryl methyl sites for hydroxylation is 1. The quantitative estimate of drug-likeness (QED) is 0.823. The van der Waals surface area contributed by atoms with Gasteiger partial charge < -0.3 is 9.64 Å². The molecule has 1 aromatic rings. The summed E-state index contributed by atoms with van der Waals surface area (Å²) >= 11 is 0. The van der Waals surface area contributed by atoms with Crippen LogP contribution in [0.2, 0.25) is 0 Å². The van der Waals surface area contributed by atoms with E-state index in [1.807, 2.05) is 27.7 Å². The minimum atomic E-state index is -3.42. The molecular weight excluding hydrogens is 340 g/mol. The molecular formula is C18H26N2O4S. The van der Waals surface area contributed by atoms with Gasteiger partial charge in [-0.3, -0.25) is 4.99 Å². The molecule has 138 valence electrons. The second kappa shape index (κ2) is 7.56. The van der Waals surface area contributed by atoms with Crippen molar-refractivity contribution in [1.29, 1.82) is 0 Å². The molecule has 1 saturated heterocycles. The third kappa shape index (κ3) is 5.85. The highest BCUT2D eigenvalue weighted by Crippen LogP contribution is 2.16.